The smallest absolute Gasteiger partial charge is 0.0278 e. The number of hydrogen-bond donors (Lipinski definition) is 1. The topological polar surface area (TPSA) is 29.3 Å². The van der Waals surface area contributed by atoms with Gasteiger partial charge in [-0.3, -0.25) is 4.90 Å². The molecule has 1 saturated heterocycles. The van der Waals surface area contributed by atoms with Gasteiger partial charge in [0.25, 0.3) is 0 Å². The molecule has 14 heavy (non-hydrogen) atoms. The van der Waals surface area contributed by atoms with Gasteiger partial charge in [0.15, 0.2) is 0 Å². The molecule has 1 saturated carbocycles. The van der Waals surface area contributed by atoms with Gasteiger partial charge in [-0.05, 0) is 45.6 Å². The molecule has 2 atom stereocenters. The van der Waals surface area contributed by atoms with Crippen molar-refractivity contribution in [3.8, 4) is 0 Å². The molecule has 2 heteroatoms. The summed E-state index contributed by atoms with van der Waals surface area (Å²) in [5, 5.41) is 0. The summed E-state index contributed by atoms with van der Waals surface area (Å²) in [7, 11) is 0. The molecule has 2 fully saturated rings. The molecule has 0 aromatic heterocycles. The first-order valence-electron chi connectivity index (χ1n) is 6.12. The molecule has 1 aliphatic heterocycles. The number of rotatable bonds is 2. The van der Waals surface area contributed by atoms with Crippen molar-refractivity contribution in [3.05, 3.63) is 0 Å². The van der Waals surface area contributed by atoms with Crippen LogP contribution in [0, 0.1) is 5.92 Å². The highest BCUT2D eigenvalue weighted by Gasteiger charge is 2.41. The highest BCUT2D eigenvalue weighted by molar-refractivity contribution is 4.97. The molecule has 2 rings (SSSR count). The lowest BCUT2D eigenvalue weighted by Gasteiger charge is -2.41. The Morgan fingerprint density at radius 3 is 2.64 bits per heavy atom. The fourth-order valence-corrected chi connectivity index (χ4v) is 3.27. The third-order valence-electron chi connectivity index (χ3n) is 4.29. The first kappa shape index (κ1) is 10.4. The number of fused-ring (bicyclic) bond motifs is 1. The average Bonchev–Trinajstić information content (AvgIpc) is 2.61. The molecule has 2 aliphatic rings. The number of hydrogen-bond acceptors (Lipinski definition) is 2. The fourth-order valence-electron chi connectivity index (χ4n) is 3.27. The van der Waals surface area contributed by atoms with Crippen LogP contribution in [0.4, 0.5) is 0 Å². The van der Waals surface area contributed by atoms with Crippen molar-refractivity contribution in [3.63, 3.8) is 0 Å². The SMILES string of the molecule is CC(C)(CN)N1CC[C@@H]2CCCC[C@@H]21. The predicted octanol–water partition coefficient (Wildman–Crippen LogP) is 1.99. The molecule has 1 aliphatic carbocycles. The van der Waals surface area contributed by atoms with Gasteiger partial charge in [-0.2, -0.15) is 0 Å². The van der Waals surface area contributed by atoms with E-state index in [-0.39, 0.29) is 5.54 Å². The summed E-state index contributed by atoms with van der Waals surface area (Å²) >= 11 is 0. The Balaban J connectivity index is 2.07. The van der Waals surface area contributed by atoms with E-state index >= 15 is 0 Å². The van der Waals surface area contributed by atoms with Crippen molar-refractivity contribution in [1.29, 1.82) is 0 Å². The van der Waals surface area contributed by atoms with E-state index in [1.165, 1.54) is 38.6 Å². The van der Waals surface area contributed by atoms with Crippen molar-refractivity contribution in [2.24, 2.45) is 11.7 Å². The molecule has 0 unspecified atom stereocenters. The van der Waals surface area contributed by atoms with Crippen molar-refractivity contribution in [2.45, 2.75) is 57.5 Å². The molecule has 82 valence electrons. The van der Waals surface area contributed by atoms with Gasteiger partial charge in [0, 0.05) is 18.1 Å². The monoisotopic (exact) mass is 196 g/mol. The quantitative estimate of drug-likeness (QED) is 0.732. The summed E-state index contributed by atoms with van der Waals surface area (Å²) < 4.78 is 0. The lowest BCUT2D eigenvalue weighted by Crippen LogP contribution is -2.52. The van der Waals surface area contributed by atoms with Crippen LogP contribution >= 0.6 is 0 Å². The zero-order chi connectivity index (χ0) is 10.2. The second-order valence-corrected chi connectivity index (χ2v) is 5.61. The maximum Gasteiger partial charge on any atom is 0.0278 e. The van der Waals surface area contributed by atoms with Gasteiger partial charge in [0.2, 0.25) is 0 Å². The first-order valence-corrected chi connectivity index (χ1v) is 6.12. The van der Waals surface area contributed by atoms with Crippen molar-refractivity contribution >= 4 is 0 Å². The van der Waals surface area contributed by atoms with Gasteiger partial charge in [0.05, 0.1) is 0 Å². The number of nitrogens with two attached hydrogens (primary N) is 1. The molecule has 0 radical (unpaired) electrons. The number of likely N-dealkylation sites (tertiary alicyclic amines) is 1. The molecule has 0 bridgehead atoms. The second kappa shape index (κ2) is 3.82. The average molecular weight is 196 g/mol. The minimum atomic E-state index is 0.219. The van der Waals surface area contributed by atoms with E-state index in [1.807, 2.05) is 0 Å². The van der Waals surface area contributed by atoms with Crippen LogP contribution in [0.15, 0.2) is 0 Å². The molecule has 0 amide bonds. The van der Waals surface area contributed by atoms with Crippen LogP contribution in [0.25, 0.3) is 0 Å². The van der Waals surface area contributed by atoms with Crippen LogP contribution in [-0.4, -0.2) is 29.6 Å². The van der Waals surface area contributed by atoms with Crippen LogP contribution < -0.4 is 5.73 Å². The Labute approximate surface area is 87.8 Å². The van der Waals surface area contributed by atoms with Gasteiger partial charge in [-0.15, -0.1) is 0 Å². The number of nitrogens with zero attached hydrogens (tertiary/aromatic N) is 1. The van der Waals surface area contributed by atoms with Gasteiger partial charge in [-0.25, -0.2) is 0 Å². The Morgan fingerprint density at radius 2 is 1.93 bits per heavy atom. The van der Waals surface area contributed by atoms with Gasteiger partial charge in [-0.1, -0.05) is 12.8 Å². The van der Waals surface area contributed by atoms with Gasteiger partial charge in [0.1, 0.15) is 0 Å². The lowest BCUT2D eigenvalue weighted by molar-refractivity contribution is 0.0804. The van der Waals surface area contributed by atoms with Gasteiger partial charge >= 0.3 is 0 Å². The molecule has 0 spiro atoms. The summed E-state index contributed by atoms with van der Waals surface area (Å²) in [5.74, 6) is 0.981. The summed E-state index contributed by atoms with van der Waals surface area (Å²) in [4.78, 5) is 2.68. The third kappa shape index (κ3) is 1.70. The summed E-state index contributed by atoms with van der Waals surface area (Å²) in [6, 6.07) is 0.849. The molecule has 2 nitrogen and oxygen atoms in total. The van der Waals surface area contributed by atoms with E-state index in [0.29, 0.717) is 0 Å². The largest absolute Gasteiger partial charge is 0.329 e. The van der Waals surface area contributed by atoms with E-state index in [1.54, 1.807) is 0 Å². The zero-order valence-electron chi connectivity index (χ0n) is 9.63. The normalized spacial score (nSPS) is 34.5. The van der Waals surface area contributed by atoms with E-state index < -0.39 is 0 Å². The Hall–Kier alpha value is -0.0800. The highest BCUT2D eigenvalue weighted by Crippen LogP contribution is 2.39. The third-order valence-corrected chi connectivity index (χ3v) is 4.29. The zero-order valence-corrected chi connectivity index (χ0v) is 9.63. The Kier molecular flexibility index (Phi) is 2.85. The van der Waals surface area contributed by atoms with Crippen LogP contribution in [0.1, 0.15) is 46.0 Å². The summed E-state index contributed by atoms with van der Waals surface area (Å²) in [6.07, 6.45) is 7.17. The van der Waals surface area contributed by atoms with Gasteiger partial charge < -0.3 is 5.73 Å². The first-order chi connectivity index (χ1) is 6.65. The highest BCUT2D eigenvalue weighted by atomic mass is 15.2. The summed E-state index contributed by atoms with van der Waals surface area (Å²) in [6.45, 7) is 6.66. The molecular weight excluding hydrogens is 172 g/mol. The van der Waals surface area contributed by atoms with Crippen molar-refractivity contribution in [2.75, 3.05) is 13.1 Å². The molecule has 1 heterocycles. The molecule has 2 N–H and O–H groups in total. The molecule has 0 aromatic rings. The summed E-state index contributed by atoms with van der Waals surface area (Å²) in [5.41, 5.74) is 6.09. The van der Waals surface area contributed by atoms with Crippen molar-refractivity contribution < 1.29 is 0 Å². The van der Waals surface area contributed by atoms with Crippen LogP contribution in [0.2, 0.25) is 0 Å². The van der Waals surface area contributed by atoms with E-state index in [2.05, 4.69) is 18.7 Å². The Morgan fingerprint density at radius 1 is 1.21 bits per heavy atom. The maximum atomic E-state index is 5.87. The predicted molar refractivity (Wildman–Crippen MR) is 60.2 cm³/mol. The maximum absolute atomic E-state index is 5.87. The molecule has 0 aromatic carbocycles. The second-order valence-electron chi connectivity index (χ2n) is 5.61. The molecular formula is C12H24N2. The minimum absolute atomic E-state index is 0.219. The lowest BCUT2D eigenvalue weighted by atomic mass is 9.84. The van der Waals surface area contributed by atoms with Crippen LogP contribution in [0.5, 0.6) is 0 Å². The van der Waals surface area contributed by atoms with E-state index in [9.17, 15) is 0 Å². The standard InChI is InChI=1S/C12H24N2/c1-12(2,9-13)14-8-7-10-5-3-4-6-11(10)14/h10-11H,3-9,13H2,1-2H3/t10-,11-/m0/s1. The van der Waals surface area contributed by atoms with E-state index in [0.717, 1.165) is 18.5 Å². The van der Waals surface area contributed by atoms with Crippen molar-refractivity contribution in [1.82, 2.24) is 4.90 Å². The van der Waals surface area contributed by atoms with E-state index in [4.69, 9.17) is 5.73 Å². The van der Waals surface area contributed by atoms with Crippen LogP contribution in [0.3, 0.4) is 0 Å². The fraction of sp³-hybridized carbons (Fsp3) is 1.00. The van der Waals surface area contributed by atoms with Crippen LogP contribution in [-0.2, 0) is 0 Å². The Bertz CT molecular complexity index is 200. The minimum Gasteiger partial charge on any atom is -0.329 e.